The second-order valence-electron chi connectivity index (χ2n) is 5.87. The van der Waals surface area contributed by atoms with Crippen molar-refractivity contribution in [1.82, 2.24) is 4.90 Å². The molecule has 1 unspecified atom stereocenters. The molecule has 1 fully saturated rings. The van der Waals surface area contributed by atoms with Crippen LogP contribution in [0.1, 0.15) is 16.7 Å². The summed E-state index contributed by atoms with van der Waals surface area (Å²) < 4.78 is 0.345. The molecule has 2 aromatic carbocycles. The number of amides is 1. The Kier molecular flexibility index (Phi) is 5.50. The van der Waals surface area contributed by atoms with Crippen molar-refractivity contribution in [3.8, 4) is 0 Å². The van der Waals surface area contributed by atoms with Gasteiger partial charge in [-0.1, -0.05) is 78.6 Å². The van der Waals surface area contributed by atoms with E-state index >= 15 is 0 Å². The molecular formula is C19H17NO3S2. The minimum Gasteiger partial charge on any atom is -0.480 e. The number of rotatable bonds is 6. The minimum atomic E-state index is -1.05. The average Bonchev–Trinajstić information content (AvgIpc) is 2.85. The smallest absolute Gasteiger partial charge is 0.323 e. The Hall–Kier alpha value is -2.18. The van der Waals surface area contributed by atoms with E-state index in [2.05, 4.69) is 24.3 Å². The number of thioether (sulfide) groups is 1. The van der Waals surface area contributed by atoms with E-state index < -0.39 is 5.97 Å². The number of hydrogen-bond donors (Lipinski definition) is 1. The fourth-order valence-electron chi connectivity index (χ4n) is 2.75. The zero-order chi connectivity index (χ0) is 17.8. The highest BCUT2D eigenvalue weighted by molar-refractivity contribution is 8.24. The molecule has 2 aromatic rings. The van der Waals surface area contributed by atoms with Gasteiger partial charge in [-0.05, 0) is 29.5 Å². The number of hydrogen-bond acceptors (Lipinski definition) is 4. The van der Waals surface area contributed by atoms with Gasteiger partial charge in [0.1, 0.15) is 10.9 Å². The summed E-state index contributed by atoms with van der Waals surface area (Å²) in [4.78, 5) is 24.3. The lowest BCUT2D eigenvalue weighted by Crippen LogP contribution is -2.36. The van der Waals surface area contributed by atoms with Crippen molar-refractivity contribution in [2.24, 2.45) is 0 Å². The van der Waals surface area contributed by atoms with E-state index in [4.69, 9.17) is 17.3 Å². The molecule has 0 radical (unpaired) electrons. The van der Waals surface area contributed by atoms with Gasteiger partial charge in [-0.15, -0.1) is 0 Å². The number of aliphatic carboxylic acids is 1. The fourth-order valence-corrected chi connectivity index (χ4v) is 4.28. The summed E-state index contributed by atoms with van der Waals surface area (Å²) in [5, 5.41) is 8.53. The first-order valence-corrected chi connectivity index (χ1v) is 9.17. The predicted molar refractivity (Wildman–Crippen MR) is 103 cm³/mol. The van der Waals surface area contributed by atoms with Crippen LogP contribution < -0.4 is 0 Å². The van der Waals surface area contributed by atoms with Gasteiger partial charge in [0, 0.05) is 0 Å². The molecule has 1 N–H and O–H groups in total. The lowest BCUT2D eigenvalue weighted by atomic mass is 10.0. The summed E-state index contributed by atoms with van der Waals surface area (Å²) in [5.41, 5.74) is 3.51. The van der Waals surface area contributed by atoms with Gasteiger partial charge in [-0.25, -0.2) is 0 Å². The molecule has 1 saturated heterocycles. The van der Waals surface area contributed by atoms with Crippen molar-refractivity contribution in [2.75, 3.05) is 6.54 Å². The zero-order valence-electron chi connectivity index (χ0n) is 13.4. The van der Waals surface area contributed by atoms with Gasteiger partial charge in [0.15, 0.2) is 0 Å². The predicted octanol–water partition coefficient (Wildman–Crippen LogP) is 3.13. The largest absolute Gasteiger partial charge is 0.480 e. The molecule has 1 atom stereocenters. The molecule has 1 heterocycles. The third-order valence-electron chi connectivity index (χ3n) is 3.99. The number of thiocarbonyl (C=S) groups is 1. The highest BCUT2D eigenvalue weighted by atomic mass is 32.2. The SMILES string of the molecule is O=C(O)CN1C(=O)C(Cc2ccc(Cc3ccccc3)cc2)SC1=S. The van der Waals surface area contributed by atoms with Crippen molar-refractivity contribution >= 4 is 40.2 Å². The first-order valence-electron chi connectivity index (χ1n) is 7.88. The Morgan fingerprint density at radius 1 is 1.04 bits per heavy atom. The summed E-state index contributed by atoms with van der Waals surface area (Å²) >= 11 is 6.40. The first-order chi connectivity index (χ1) is 12.0. The standard InChI is InChI=1S/C19H17NO3S2/c21-17(22)12-20-18(23)16(25-19(20)24)11-15-8-6-14(7-9-15)10-13-4-2-1-3-5-13/h1-9,16H,10-12H2,(H,21,22). The van der Waals surface area contributed by atoms with E-state index in [1.807, 2.05) is 30.3 Å². The quantitative estimate of drug-likeness (QED) is 0.791. The topological polar surface area (TPSA) is 57.6 Å². The van der Waals surface area contributed by atoms with Gasteiger partial charge in [0.2, 0.25) is 5.91 Å². The summed E-state index contributed by atoms with van der Waals surface area (Å²) in [7, 11) is 0. The highest BCUT2D eigenvalue weighted by Crippen LogP contribution is 2.29. The van der Waals surface area contributed by atoms with Crippen molar-refractivity contribution in [2.45, 2.75) is 18.1 Å². The molecule has 0 spiro atoms. The van der Waals surface area contributed by atoms with E-state index in [0.717, 1.165) is 12.0 Å². The van der Waals surface area contributed by atoms with E-state index in [-0.39, 0.29) is 17.7 Å². The van der Waals surface area contributed by atoms with Crippen molar-refractivity contribution in [1.29, 1.82) is 0 Å². The van der Waals surface area contributed by atoms with Gasteiger partial charge in [-0.2, -0.15) is 0 Å². The van der Waals surface area contributed by atoms with Crippen LogP contribution in [0.15, 0.2) is 54.6 Å². The van der Waals surface area contributed by atoms with E-state index in [1.54, 1.807) is 0 Å². The van der Waals surface area contributed by atoms with Gasteiger partial charge >= 0.3 is 5.97 Å². The van der Waals surface area contributed by atoms with Gasteiger partial charge < -0.3 is 5.11 Å². The van der Waals surface area contributed by atoms with E-state index in [0.29, 0.717) is 10.7 Å². The monoisotopic (exact) mass is 371 g/mol. The molecule has 0 aliphatic carbocycles. The number of nitrogens with zero attached hydrogens (tertiary/aromatic N) is 1. The van der Waals surface area contributed by atoms with Crippen LogP contribution in [0.4, 0.5) is 0 Å². The molecule has 1 aliphatic heterocycles. The van der Waals surface area contributed by atoms with Crippen molar-refractivity contribution < 1.29 is 14.7 Å². The Morgan fingerprint density at radius 3 is 2.28 bits per heavy atom. The van der Waals surface area contributed by atoms with Crippen LogP contribution in [0.25, 0.3) is 0 Å². The van der Waals surface area contributed by atoms with Gasteiger partial charge in [0.05, 0.1) is 5.25 Å². The van der Waals surface area contributed by atoms with Crippen LogP contribution in [-0.4, -0.2) is 38.0 Å². The van der Waals surface area contributed by atoms with Crippen LogP contribution >= 0.6 is 24.0 Å². The fraction of sp³-hybridized carbons (Fsp3) is 0.211. The Labute approximate surface area is 155 Å². The van der Waals surface area contributed by atoms with E-state index in [9.17, 15) is 9.59 Å². The molecule has 1 aliphatic rings. The van der Waals surface area contributed by atoms with Crippen LogP contribution in [0.3, 0.4) is 0 Å². The summed E-state index contributed by atoms with van der Waals surface area (Å²) in [6, 6.07) is 18.4. The summed E-state index contributed by atoms with van der Waals surface area (Å²) in [6.45, 7) is -0.364. The maximum Gasteiger partial charge on any atom is 0.323 e. The summed E-state index contributed by atoms with van der Waals surface area (Å²) in [6.07, 6.45) is 1.42. The van der Waals surface area contributed by atoms with Crippen LogP contribution in [-0.2, 0) is 22.4 Å². The molecular weight excluding hydrogens is 354 g/mol. The number of carbonyl (C=O) groups excluding carboxylic acids is 1. The van der Waals surface area contributed by atoms with Crippen molar-refractivity contribution in [3.63, 3.8) is 0 Å². The molecule has 25 heavy (non-hydrogen) atoms. The normalized spacial score (nSPS) is 17.1. The minimum absolute atomic E-state index is 0.217. The molecule has 6 heteroatoms. The molecule has 0 bridgehead atoms. The highest BCUT2D eigenvalue weighted by Gasteiger charge is 2.37. The van der Waals surface area contributed by atoms with E-state index in [1.165, 1.54) is 27.8 Å². The molecule has 1 amide bonds. The number of carboxylic acids is 1. The lowest BCUT2D eigenvalue weighted by molar-refractivity contribution is -0.141. The molecule has 0 saturated carbocycles. The maximum atomic E-state index is 12.3. The Morgan fingerprint density at radius 2 is 1.64 bits per heavy atom. The number of benzene rings is 2. The molecule has 3 rings (SSSR count). The zero-order valence-corrected chi connectivity index (χ0v) is 15.1. The van der Waals surface area contributed by atoms with Crippen LogP contribution in [0.2, 0.25) is 0 Å². The van der Waals surface area contributed by atoms with Gasteiger partial charge in [0.25, 0.3) is 0 Å². The van der Waals surface area contributed by atoms with Crippen LogP contribution in [0, 0.1) is 0 Å². The number of carbonyl (C=O) groups is 2. The molecule has 128 valence electrons. The lowest BCUT2D eigenvalue weighted by Gasteiger charge is -2.12. The van der Waals surface area contributed by atoms with Crippen molar-refractivity contribution in [3.05, 3.63) is 71.3 Å². The second kappa shape index (κ2) is 7.80. The van der Waals surface area contributed by atoms with Crippen LogP contribution in [0.5, 0.6) is 0 Å². The first kappa shape index (κ1) is 17.6. The maximum absolute atomic E-state index is 12.3. The van der Waals surface area contributed by atoms with Gasteiger partial charge in [-0.3, -0.25) is 14.5 Å². The second-order valence-corrected chi connectivity index (χ2v) is 7.71. The third-order valence-corrected chi connectivity index (χ3v) is 5.58. The Balaban J connectivity index is 1.63. The number of carboxylic acid groups (broad SMARTS) is 1. The molecule has 4 nitrogen and oxygen atoms in total. The summed E-state index contributed by atoms with van der Waals surface area (Å²) in [5.74, 6) is -1.27. The average molecular weight is 371 g/mol. The Bertz CT molecular complexity index is 790. The third kappa shape index (κ3) is 4.46. The molecule has 0 aromatic heterocycles.